The Morgan fingerprint density at radius 3 is 2.74 bits per heavy atom. The average molecular weight is 377 g/mol. The molecule has 1 aromatic carbocycles. The summed E-state index contributed by atoms with van der Waals surface area (Å²) in [6.45, 7) is 0. The Morgan fingerprint density at radius 2 is 1.84 bits per heavy atom. The molecule has 0 spiro atoms. The second kappa shape index (κ2) is 4.85. The van der Waals surface area contributed by atoms with Gasteiger partial charge < -0.3 is 0 Å². The minimum absolute atomic E-state index is 0.483. The summed E-state index contributed by atoms with van der Waals surface area (Å²) < 4.78 is 3.03. The Balaban J connectivity index is 1.89. The third-order valence-corrected chi connectivity index (χ3v) is 8.05. The van der Waals surface area contributed by atoms with E-state index in [1.54, 1.807) is 4.46 Å². The van der Waals surface area contributed by atoms with Gasteiger partial charge in [-0.2, -0.15) is 0 Å². The number of rotatable bonds is 1. The zero-order chi connectivity index (χ0) is 12.7. The molecule has 1 aliphatic heterocycles. The van der Waals surface area contributed by atoms with Gasteiger partial charge in [-0.25, -0.2) is 0 Å². The van der Waals surface area contributed by atoms with Crippen molar-refractivity contribution in [3.05, 3.63) is 65.6 Å². The van der Waals surface area contributed by atoms with Crippen molar-refractivity contribution in [3.8, 4) is 0 Å². The van der Waals surface area contributed by atoms with Crippen LogP contribution in [0.5, 0.6) is 0 Å². The van der Waals surface area contributed by atoms with Crippen LogP contribution in [-0.2, 0) is 0 Å². The van der Waals surface area contributed by atoms with Gasteiger partial charge in [-0.1, -0.05) is 0 Å². The van der Waals surface area contributed by atoms with Gasteiger partial charge >= 0.3 is 126 Å². The second-order valence-corrected chi connectivity index (χ2v) is 9.13. The molecule has 0 saturated heterocycles. The Hall–Kier alpha value is -0.981. The van der Waals surface area contributed by atoms with E-state index in [1.807, 2.05) is 0 Å². The van der Waals surface area contributed by atoms with Crippen LogP contribution in [0.25, 0.3) is 0 Å². The van der Waals surface area contributed by atoms with Crippen molar-refractivity contribution in [2.24, 2.45) is 0 Å². The standard InChI is InChI=1S/C16H13NSe2/c1-3-8-14-12(6-1)17(16-10-5-11-18-16)13-7-2-4-9-15(13)19-14/h1-12,14H. The predicted molar refractivity (Wildman–Crippen MR) is 83.2 cm³/mol. The fraction of sp³-hybridized carbons (Fsp3) is 0.125. The van der Waals surface area contributed by atoms with Crippen LogP contribution in [0, 0.1) is 0 Å². The zero-order valence-corrected chi connectivity index (χ0v) is 13.7. The number of hydrogen-bond donors (Lipinski definition) is 0. The number of nitrogens with zero attached hydrogens (tertiary/aromatic N) is 1. The molecule has 0 amide bonds. The molecule has 2 unspecified atom stereocenters. The molecule has 2 aromatic rings. The first kappa shape index (κ1) is 11.8. The van der Waals surface area contributed by atoms with Crippen LogP contribution >= 0.6 is 0 Å². The van der Waals surface area contributed by atoms with Gasteiger partial charge in [0.25, 0.3) is 0 Å². The van der Waals surface area contributed by atoms with E-state index in [0.29, 0.717) is 40.3 Å². The van der Waals surface area contributed by atoms with Crippen molar-refractivity contribution in [1.82, 2.24) is 0 Å². The Bertz CT molecular complexity index is 643. The predicted octanol–water partition coefficient (Wildman–Crippen LogP) is 2.51. The van der Waals surface area contributed by atoms with Crippen LogP contribution in [0.2, 0.25) is 4.82 Å². The van der Waals surface area contributed by atoms with E-state index in [0.717, 1.165) is 0 Å². The Morgan fingerprint density at radius 1 is 0.947 bits per heavy atom. The van der Waals surface area contributed by atoms with Gasteiger partial charge in [0.1, 0.15) is 0 Å². The monoisotopic (exact) mass is 379 g/mol. The molecule has 0 N–H and O–H groups in total. The van der Waals surface area contributed by atoms with Gasteiger partial charge in [-0.05, 0) is 0 Å². The van der Waals surface area contributed by atoms with Crippen molar-refractivity contribution in [3.63, 3.8) is 0 Å². The summed E-state index contributed by atoms with van der Waals surface area (Å²) in [5.74, 6) is 0. The van der Waals surface area contributed by atoms with Crippen LogP contribution in [0.4, 0.5) is 10.2 Å². The summed E-state index contributed by atoms with van der Waals surface area (Å²) >= 11 is 1.02. The fourth-order valence-electron chi connectivity index (χ4n) is 2.65. The van der Waals surface area contributed by atoms with Crippen molar-refractivity contribution < 1.29 is 0 Å². The number of fused-ring (bicyclic) bond motifs is 2. The third kappa shape index (κ3) is 1.98. The normalized spacial score (nSPS) is 24.1. The maximum atomic E-state index is 2.57. The van der Waals surface area contributed by atoms with E-state index in [-0.39, 0.29) is 0 Å². The van der Waals surface area contributed by atoms with Gasteiger partial charge in [0, 0.05) is 0 Å². The van der Waals surface area contributed by atoms with Crippen molar-refractivity contribution in [1.29, 1.82) is 0 Å². The van der Waals surface area contributed by atoms with Gasteiger partial charge in [-0.15, -0.1) is 0 Å². The molecule has 1 aromatic heterocycles. The molecular formula is C16H13NSe2. The molecule has 0 bridgehead atoms. The molecule has 1 nitrogen and oxygen atoms in total. The minimum atomic E-state index is 0.483. The Kier molecular flexibility index (Phi) is 3.01. The molecule has 4 rings (SSSR count). The van der Waals surface area contributed by atoms with Crippen LogP contribution in [0.15, 0.2) is 65.6 Å². The fourth-order valence-corrected chi connectivity index (χ4v) is 6.95. The number of para-hydroxylation sites is 1. The summed E-state index contributed by atoms with van der Waals surface area (Å²) in [4.78, 5) is 5.55. The van der Waals surface area contributed by atoms with Gasteiger partial charge in [0.05, 0.1) is 0 Å². The summed E-state index contributed by atoms with van der Waals surface area (Å²) in [6, 6.07) is 13.9. The summed E-state index contributed by atoms with van der Waals surface area (Å²) in [6.07, 6.45) is 9.18. The number of hydrogen-bond acceptors (Lipinski definition) is 1. The molecule has 19 heavy (non-hydrogen) atoms. The third-order valence-electron chi connectivity index (χ3n) is 3.49. The molecule has 0 radical (unpaired) electrons. The van der Waals surface area contributed by atoms with Crippen LogP contribution < -0.4 is 9.36 Å². The summed E-state index contributed by atoms with van der Waals surface area (Å²) in [5, 5.41) is 0. The molecule has 3 heteroatoms. The zero-order valence-electron chi connectivity index (χ0n) is 10.3. The van der Waals surface area contributed by atoms with Crippen molar-refractivity contribution in [2.75, 3.05) is 4.90 Å². The van der Waals surface area contributed by atoms with Gasteiger partial charge in [0.2, 0.25) is 0 Å². The first-order valence-electron chi connectivity index (χ1n) is 6.37. The topological polar surface area (TPSA) is 3.24 Å². The maximum absolute atomic E-state index is 2.57. The molecule has 0 saturated carbocycles. The first-order valence-corrected chi connectivity index (χ1v) is 10.1. The van der Waals surface area contributed by atoms with Crippen LogP contribution in [-0.4, -0.2) is 35.5 Å². The van der Waals surface area contributed by atoms with E-state index >= 15 is 0 Å². The molecule has 1 aliphatic carbocycles. The molecular weight excluding hydrogens is 364 g/mol. The summed E-state index contributed by atoms with van der Waals surface area (Å²) in [5.41, 5.74) is 1.43. The number of anilines is 2. The van der Waals surface area contributed by atoms with Crippen molar-refractivity contribution in [2.45, 2.75) is 10.9 Å². The van der Waals surface area contributed by atoms with E-state index in [9.17, 15) is 0 Å². The molecule has 2 aliphatic rings. The van der Waals surface area contributed by atoms with E-state index in [1.165, 1.54) is 10.2 Å². The SMILES string of the molecule is C1=CC2[Se]c3ccccc3N(c3ccc[se]3)C2C=C1. The molecule has 2 heterocycles. The average Bonchev–Trinajstić information content (AvgIpc) is 2.98. The molecule has 2 atom stereocenters. The van der Waals surface area contributed by atoms with E-state index < -0.39 is 0 Å². The quantitative estimate of drug-likeness (QED) is 0.691. The van der Waals surface area contributed by atoms with Crippen molar-refractivity contribution >= 4 is 44.2 Å². The second-order valence-electron chi connectivity index (χ2n) is 4.63. The first-order chi connectivity index (χ1) is 9.43. The van der Waals surface area contributed by atoms with Gasteiger partial charge in [-0.3, -0.25) is 0 Å². The number of benzene rings is 1. The molecule has 0 fully saturated rings. The van der Waals surface area contributed by atoms with E-state index in [4.69, 9.17) is 0 Å². The summed E-state index contributed by atoms with van der Waals surface area (Å²) in [7, 11) is 0. The Labute approximate surface area is 125 Å². The van der Waals surface area contributed by atoms with Gasteiger partial charge in [0.15, 0.2) is 0 Å². The van der Waals surface area contributed by atoms with Crippen LogP contribution in [0.1, 0.15) is 0 Å². The number of allylic oxidation sites excluding steroid dienone is 2. The molecule has 94 valence electrons. The van der Waals surface area contributed by atoms with Crippen LogP contribution in [0.3, 0.4) is 0 Å². The van der Waals surface area contributed by atoms with E-state index in [2.05, 4.69) is 70.5 Å².